The zero-order chi connectivity index (χ0) is 14.5. The van der Waals surface area contributed by atoms with Crippen LogP contribution in [0.15, 0.2) is 12.3 Å². The minimum atomic E-state index is 0.801. The first-order valence-corrected chi connectivity index (χ1v) is 7.01. The molecule has 0 aliphatic carbocycles. The second kappa shape index (κ2) is 6.36. The van der Waals surface area contributed by atoms with E-state index in [4.69, 9.17) is 0 Å². The van der Waals surface area contributed by atoms with Crippen LogP contribution in [0.4, 0.5) is 17.3 Å². The summed E-state index contributed by atoms with van der Waals surface area (Å²) in [7, 11) is 1.91. The third-order valence-electron chi connectivity index (χ3n) is 2.88. The van der Waals surface area contributed by atoms with Crippen molar-refractivity contribution in [3.8, 4) is 0 Å². The molecule has 20 heavy (non-hydrogen) atoms. The molecule has 0 spiro atoms. The molecule has 0 bridgehead atoms. The molecule has 2 aromatic rings. The Hall–Kier alpha value is -2.11. The fourth-order valence-electron chi connectivity index (χ4n) is 2.03. The van der Waals surface area contributed by atoms with E-state index in [1.807, 2.05) is 26.2 Å². The van der Waals surface area contributed by atoms with E-state index >= 15 is 0 Å². The Bertz CT molecular complexity index is 551. The van der Waals surface area contributed by atoms with Gasteiger partial charge in [-0.25, -0.2) is 9.97 Å². The average Bonchev–Trinajstić information content (AvgIpc) is 2.68. The number of hydrogen-bond donors (Lipinski definition) is 2. The van der Waals surface area contributed by atoms with Crippen LogP contribution < -0.4 is 10.6 Å². The number of rotatable bonds is 6. The molecule has 2 rings (SSSR count). The van der Waals surface area contributed by atoms with Crippen molar-refractivity contribution < 1.29 is 0 Å². The van der Waals surface area contributed by atoms with Crippen molar-refractivity contribution in [1.29, 1.82) is 0 Å². The van der Waals surface area contributed by atoms with Crippen LogP contribution in [-0.4, -0.2) is 26.3 Å². The second-order valence-electron chi connectivity index (χ2n) is 4.76. The summed E-state index contributed by atoms with van der Waals surface area (Å²) in [6, 6.07) is 1.93. The summed E-state index contributed by atoms with van der Waals surface area (Å²) in [6.45, 7) is 7.00. The number of nitrogens with zero attached hydrogens (tertiary/aromatic N) is 4. The van der Waals surface area contributed by atoms with Gasteiger partial charge in [0.05, 0.1) is 11.4 Å². The predicted molar refractivity (Wildman–Crippen MR) is 81.4 cm³/mol. The van der Waals surface area contributed by atoms with Gasteiger partial charge in [0.25, 0.3) is 0 Å². The standard InChI is InChI=1S/C14H22N6/c1-5-7-12-17-13(15-6-2)8-14(18-12)16-11-9-20(4)19-10(11)3/h8-9H,5-7H2,1-4H3,(H2,15,16,17,18). The molecular formula is C14H22N6. The molecular weight excluding hydrogens is 252 g/mol. The highest BCUT2D eigenvalue weighted by Crippen LogP contribution is 2.20. The van der Waals surface area contributed by atoms with Gasteiger partial charge in [0, 0.05) is 32.3 Å². The molecule has 0 amide bonds. The normalized spacial score (nSPS) is 10.6. The quantitative estimate of drug-likeness (QED) is 0.847. The monoisotopic (exact) mass is 274 g/mol. The summed E-state index contributed by atoms with van der Waals surface area (Å²) in [6.07, 6.45) is 3.85. The van der Waals surface area contributed by atoms with Crippen LogP contribution in [0.5, 0.6) is 0 Å². The maximum atomic E-state index is 4.55. The Labute approximate surface area is 119 Å². The highest BCUT2D eigenvalue weighted by atomic mass is 15.3. The van der Waals surface area contributed by atoms with E-state index in [-0.39, 0.29) is 0 Å². The Balaban J connectivity index is 2.27. The molecule has 0 saturated heterocycles. The molecule has 6 nitrogen and oxygen atoms in total. The summed E-state index contributed by atoms with van der Waals surface area (Å²) >= 11 is 0. The van der Waals surface area contributed by atoms with Gasteiger partial charge in [0.2, 0.25) is 0 Å². The van der Waals surface area contributed by atoms with Gasteiger partial charge < -0.3 is 10.6 Å². The Morgan fingerprint density at radius 3 is 2.55 bits per heavy atom. The third-order valence-corrected chi connectivity index (χ3v) is 2.88. The van der Waals surface area contributed by atoms with E-state index in [0.717, 1.165) is 48.2 Å². The van der Waals surface area contributed by atoms with Crippen LogP contribution in [0.3, 0.4) is 0 Å². The third kappa shape index (κ3) is 3.46. The number of anilines is 3. The Morgan fingerprint density at radius 1 is 1.20 bits per heavy atom. The van der Waals surface area contributed by atoms with Crippen LogP contribution in [0.25, 0.3) is 0 Å². The van der Waals surface area contributed by atoms with Crippen LogP contribution >= 0.6 is 0 Å². The van der Waals surface area contributed by atoms with Crippen molar-refractivity contribution >= 4 is 17.3 Å². The Kier molecular flexibility index (Phi) is 4.55. The van der Waals surface area contributed by atoms with E-state index in [1.165, 1.54) is 0 Å². The number of nitrogens with one attached hydrogen (secondary N) is 2. The fourth-order valence-corrected chi connectivity index (χ4v) is 2.03. The number of aromatic nitrogens is 4. The van der Waals surface area contributed by atoms with E-state index in [1.54, 1.807) is 4.68 Å². The van der Waals surface area contributed by atoms with Gasteiger partial charge in [-0.15, -0.1) is 0 Å². The smallest absolute Gasteiger partial charge is 0.136 e. The summed E-state index contributed by atoms with van der Waals surface area (Å²) in [5.74, 6) is 2.51. The zero-order valence-corrected chi connectivity index (χ0v) is 12.6. The highest BCUT2D eigenvalue weighted by molar-refractivity contribution is 5.60. The molecule has 2 heterocycles. The number of hydrogen-bond acceptors (Lipinski definition) is 5. The van der Waals surface area contributed by atoms with E-state index in [0.29, 0.717) is 0 Å². The van der Waals surface area contributed by atoms with Crippen LogP contribution in [-0.2, 0) is 13.5 Å². The zero-order valence-electron chi connectivity index (χ0n) is 12.6. The first-order valence-electron chi connectivity index (χ1n) is 7.01. The van der Waals surface area contributed by atoms with Gasteiger partial charge in [-0.3, -0.25) is 4.68 Å². The minimum absolute atomic E-state index is 0.801. The van der Waals surface area contributed by atoms with Crippen molar-refractivity contribution in [3.05, 3.63) is 23.8 Å². The predicted octanol–water partition coefficient (Wildman–Crippen LogP) is 2.65. The lowest BCUT2D eigenvalue weighted by atomic mass is 10.3. The summed E-state index contributed by atoms with van der Waals surface area (Å²) in [5.41, 5.74) is 1.92. The highest BCUT2D eigenvalue weighted by Gasteiger charge is 2.07. The average molecular weight is 274 g/mol. The van der Waals surface area contributed by atoms with Crippen LogP contribution in [0.1, 0.15) is 31.8 Å². The molecule has 0 atom stereocenters. The fraction of sp³-hybridized carbons (Fsp3) is 0.500. The van der Waals surface area contributed by atoms with Crippen LogP contribution in [0, 0.1) is 6.92 Å². The molecule has 6 heteroatoms. The second-order valence-corrected chi connectivity index (χ2v) is 4.76. The molecule has 0 aliphatic heterocycles. The minimum Gasteiger partial charge on any atom is -0.370 e. The molecule has 2 N–H and O–H groups in total. The maximum absolute atomic E-state index is 4.55. The summed E-state index contributed by atoms with van der Waals surface area (Å²) < 4.78 is 1.79. The molecule has 2 aromatic heterocycles. The van der Waals surface area contributed by atoms with Gasteiger partial charge in [-0.05, 0) is 20.3 Å². The van der Waals surface area contributed by atoms with Gasteiger partial charge in [0.1, 0.15) is 17.5 Å². The molecule has 0 saturated carbocycles. The Morgan fingerprint density at radius 2 is 1.95 bits per heavy atom. The first-order chi connectivity index (χ1) is 9.62. The van der Waals surface area contributed by atoms with Gasteiger partial charge in [0.15, 0.2) is 0 Å². The summed E-state index contributed by atoms with van der Waals surface area (Å²) in [4.78, 5) is 9.05. The molecule has 0 aromatic carbocycles. The lowest BCUT2D eigenvalue weighted by molar-refractivity contribution is 0.756. The molecule has 0 fully saturated rings. The van der Waals surface area contributed by atoms with E-state index < -0.39 is 0 Å². The van der Waals surface area contributed by atoms with Gasteiger partial charge in [-0.1, -0.05) is 6.92 Å². The van der Waals surface area contributed by atoms with Crippen molar-refractivity contribution in [2.45, 2.75) is 33.6 Å². The maximum Gasteiger partial charge on any atom is 0.136 e. The SMILES string of the molecule is CCCc1nc(NCC)cc(Nc2cn(C)nc2C)n1. The number of aryl methyl sites for hydroxylation is 3. The topological polar surface area (TPSA) is 67.7 Å². The first kappa shape index (κ1) is 14.3. The van der Waals surface area contributed by atoms with Gasteiger partial charge in [-0.2, -0.15) is 5.10 Å². The van der Waals surface area contributed by atoms with Crippen molar-refractivity contribution in [3.63, 3.8) is 0 Å². The van der Waals surface area contributed by atoms with Crippen molar-refractivity contribution in [1.82, 2.24) is 19.7 Å². The lowest BCUT2D eigenvalue weighted by Gasteiger charge is -2.09. The van der Waals surface area contributed by atoms with E-state index in [2.05, 4.69) is 39.5 Å². The van der Waals surface area contributed by atoms with Crippen LogP contribution in [0.2, 0.25) is 0 Å². The molecule has 0 unspecified atom stereocenters. The van der Waals surface area contributed by atoms with E-state index in [9.17, 15) is 0 Å². The van der Waals surface area contributed by atoms with Crippen molar-refractivity contribution in [2.24, 2.45) is 7.05 Å². The lowest BCUT2D eigenvalue weighted by Crippen LogP contribution is -2.06. The largest absolute Gasteiger partial charge is 0.370 e. The molecule has 108 valence electrons. The molecule has 0 aliphatic rings. The summed E-state index contributed by atoms with van der Waals surface area (Å²) in [5, 5.41) is 10.9. The van der Waals surface area contributed by atoms with Gasteiger partial charge >= 0.3 is 0 Å². The molecule has 0 radical (unpaired) electrons. The van der Waals surface area contributed by atoms with Crippen molar-refractivity contribution in [2.75, 3.05) is 17.2 Å².